The van der Waals surface area contributed by atoms with Crippen LogP contribution in [0.2, 0.25) is 0 Å². The Morgan fingerprint density at radius 2 is 1.84 bits per heavy atom. The maximum Gasteiger partial charge on any atom is 0.410 e. The lowest BCUT2D eigenvalue weighted by atomic mass is 9.77. The molecule has 2 fully saturated rings. The molecule has 1 amide bonds. The van der Waals surface area contributed by atoms with Crippen molar-refractivity contribution in [2.75, 3.05) is 13.1 Å². The molecule has 19 heavy (non-hydrogen) atoms. The molecule has 112 valence electrons. The van der Waals surface area contributed by atoms with E-state index in [1.165, 1.54) is 6.42 Å². The summed E-state index contributed by atoms with van der Waals surface area (Å²) in [6, 6.07) is 0.373. The largest absolute Gasteiger partial charge is 0.444 e. The van der Waals surface area contributed by atoms with Crippen LogP contribution >= 0.6 is 12.4 Å². The summed E-state index contributed by atoms with van der Waals surface area (Å²) in [5.74, 6) is 0. The van der Waals surface area contributed by atoms with E-state index in [1.807, 2.05) is 25.7 Å². The summed E-state index contributed by atoms with van der Waals surface area (Å²) in [4.78, 5) is 13.8. The van der Waals surface area contributed by atoms with Gasteiger partial charge in [0, 0.05) is 19.1 Å². The van der Waals surface area contributed by atoms with Crippen molar-refractivity contribution in [2.45, 2.75) is 64.5 Å². The molecule has 1 aliphatic heterocycles. The standard InChI is InChI=1S/C14H26N2O2.ClH/c1-13(2,3)18-12(17)16-8-6-14(7-9-16)5-4-11(15)10-14;/h11H,4-10,15H2,1-3H3;1H. The predicted molar refractivity (Wildman–Crippen MR) is 78.5 cm³/mol. The molecule has 1 atom stereocenters. The molecule has 0 aromatic carbocycles. The third-order valence-corrected chi connectivity index (χ3v) is 4.22. The number of carbonyl (C=O) groups is 1. The predicted octanol–water partition coefficient (Wildman–Crippen LogP) is 2.94. The van der Waals surface area contributed by atoms with Crippen molar-refractivity contribution in [3.63, 3.8) is 0 Å². The van der Waals surface area contributed by atoms with Crippen LogP contribution in [-0.4, -0.2) is 35.7 Å². The van der Waals surface area contributed by atoms with E-state index in [9.17, 15) is 4.79 Å². The number of nitrogens with zero attached hydrogens (tertiary/aromatic N) is 1. The van der Waals surface area contributed by atoms with Gasteiger partial charge in [-0.1, -0.05) is 0 Å². The van der Waals surface area contributed by atoms with Crippen LogP contribution in [0, 0.1) is 5.41 Å². The zero-order valence-corrected chi connectivity index (χ0v) is 13.1. The maximum atomic E-state index is 12.0. The molecule has 2 rings (SSSR count). The van der Waals surface area contributed by atoms with E-state index in [1.54, 1.807) is 0 Å². The number of carbonyl (C=O) groups excluding carboxylic acids is 1. The van der Waals surface area contributed by atoms with E-state index in [0.29, 0.717) is 11.5 Å². The van der Waals surface area contributed by atoms with Gasteiger partial charge < -0.3 is 15.4 Å². The SMILES string of the molecule is CC(C)(C)OC(=O)N1CCC2(CCC(N)C2)CC1.Cl. The minimum absolute atomic E-state index is 0. The highest BCUT2D eigenvalue weighted by atomic mass is 35.5. The quantitative estimate of drug-likeness (QED) is 0.746. The summed E-state index contributed by atoms with van der Waals surface area (Å²) in [5, 5.41) is 0. The molecular weight excluding hydrogens is 264 g/mol. The summed E-state index contributed by atoms with van der Waals surface area (Å²) in [6.07, 6.45) is 5.51. The summed E-state index contributed by atoms with van der Waals surface area (Å²) in [7, 11) is 0. The molecule has 4 nitrogen and oxygen atoms in total. The van der Waals surface area contributed by atoms with E-state index in [4.69, 9.17) is 10.5 Å². The molecule has 1 heterocycles. The summed E-state index contributed by atoms with van der Waals surface area (Å²) in [5.41, 5.74) is 6.03. The van der Waals surface area contributed by atoms with E-state index < -0.39 is 5.60 Å². The second kappa shape index (κ2) is 5.88. The number of hydrogen-bond donors (Lipinski definition) is 1. The lowest BCUT2D eigenvalue weighted by Crippen LogP contribution is -2.44. The number of rotatable bonds is 0. The number of nitrogens with two attached hydrogens (primary N) is 1. The first-order chi connectivity index (χ1) is 8.30. The van der Waals surface area contributed by atoms with E-state index in [0.717, 1.165) is 38.8 Å². The molecule has 0 aromatic rings. The van der Waals surface area contributed by atoms with Gasteiger partial charge >= 0.3 is 6.09 Å². The summed E-state index contributed by atoms with van der Waals surface area (Å²) < 4.78 is 5.41. The summed E-state index contributed by atoms with van der Waals surface area (Å²) >= 11 is 0. The topological polar surface area (TPSA) is 55.6 Å². The number of halogens is 1. The lowest BCUT2D eigenvalue weighted by Gasteiger charge is -2.39. The Morgan fingerprint density at radius 1 is 1.26 bits per heavy atom. The molecule has 1 saturated heterocycles. The van der Waals surface area contributed by atoms with Gasteiger partial charge in [-0.15, -0.1) is 12.4 Å². The third kappa shape index (κ3) is 4.25. The number of ether oxygens (including phenoxy) is 1. The van der Waals surface area contributed by atoms with Crippen molar-refractivity contribution < 1.29 is 9.53 Å². The minimum atomic E-state index is -0.401. The van der Waals surface area contributed by atoms with Crippen LogP contribution in [0.3, 0.4) is 0 Å². The Balaban J connectivity index is 0.00000180. The third-order valence-electron chi connectivity index (χ3n) is 4.22. The number of piperidine rings is 1. The highest BCUT2D eigenvalue weighted by Gasteiger charge is 2.41. The van der Waals surface area contributed by atoms with E-state index in [2.05, 4.69) is 0 Å². The molecule has 1 spiro atoms. The smallest absolute Gasteiger partial charge is 0.410 e. The first kappa shape index (κ1) is 16.6. The van der Waals surface area contributed by atoms with Crippen LogP contribution in [0.1, 0.15) is 52.9 Å². The van der Waals surface area contributed by atoms with Gasteiger partial charge in [-0.05, 0) is 58.3 Å². The molecule has 0 radical (unpaired) electrons. The lowest BCUT2D eigenvalue weighted by molar-refractivity contribution is 0.0106. The van der Waals surface area contributed by atoms with Gasteiger partial charge in [-0.3, -0.25) is 0 Å². The highest BCUT2D eigenvalue weighted by Crippen LogP contribution is 2.45. The van der Waals surface area contributed by atoms with Crippen LogP contribution in [0.4, 0.5) is 4.79 Å². The Kier molecular flexibility index (Phi) is 5.13. The van der Waals surface area contributed by atoms with Crippen LogP contribution in [-0.2, 0) is 4.74 Å². The fourth-order valence-electron chi connectivity index (χ4n) is 3.20. The average Bonchev–Trinajstić information content (AvgIpc) is 2.58. The Bertz CT molecular complexity index is 320. The fraction of sp³-hybridized carbons (Fsp3) is 0.929. The molecule has 1 saturated carbocycles. The first-order valence-electron chi connectivity index (χ1n) is 7.03. The Hall–Kier alpha value is -0.480. The normalized spacial score (nSPS) is 26.1. The molecule has 2 aliphatic rings. The second-order valence-corrected chi connectivity index (χ2v) is 6.97. The van der Waals surface area contributed by atoms with Gasteiger partial charge in [0.05, 0.1) is 0 Å². The number of likely N-dealkylation sites (tertiary alicyclic amines) is 1. The highest BCUT2D eigenvalue weighted by molar-refractivity contribution is 5.85. The van der Waals surface area contributed by atoms with Gasteiger partial charge in [-0.2, -0.15) is 0 Å². The Morgan fingerprint density at radius 3 is 2.26 bits per heavy atom. The zero-order chi connectivity index (χ0) is 13.4. The van der Waals surface area contributed by atoms with Crippen molar-refractivity contribution >= 4 is 18.5 Å². The molecule has 2 N–H and O–H groups in total. The Labute approximate surface area is 122 Å². The molecule has 5 heteroatoms. The molecule has 0 aromatic heterocycles. The van der Waals surface area contributed by atoms with Gasteiger partial charge in [0.2, 0.25) is 0 Å². The number of amides is 1. The van der Waals surface area contributed by atoms with Crippen molar-refractivity contribution in [3.8, 4) is 0 Å². The van der Waals surface area contributed by atoms with E-state index >= 15 is 0 Å². The molecule has 0 bridgehead atoms. The molecular formula is C14H27ClN2O2. The second-order valence-electron chi connectivity index (χ2n) is 6.97. The van der Waals surface area contributed by atoms with E-state index in [-0.39, 0.29) is 18.5 Å². The molecule has 1 unspecified atom stereocenters. The van der Waals surface area contributed by atoms with Gasteiger partial charge in [-0.25, -0.2) is 4.79 Å². The molecule has 1 aliphatic carbocycles. The zero-order valence-electron chi connectivity index (χ0n) is 12.3. The van der Waals surface area contributed by atoms with Crippen molar-refractivity contribution in [1.82, 2.24) is 4.90 Å². The van der Waals surface area contributed by atoms with Gasteiger partial charge in [0.1, 0.15) is 5.60 Å². The van der Waals surface area contributed by atoms with Crippen LogP contribution < -0.4 is 5.73 Å². The monoisotopic (exact) mass is 290 g/mol. The van der Waals surface area contributed by atoms with Gasteiger partial charge in [0.25, 0.3) is 0 Å². The van der Waals surface area contributed by atoms with Crippen molar-refractivity contribution in [3.05, 3.63) is 0 Å². The average molecular weight is 291 g/mol. The fourth-order valence-corrected chi connectivity index (χ4v) is 3.20. The summed E-state index contributed by atoms with van der Waals surface area (Å²) in [6.45, 7) is 7.37. The van der Waals surface area contributed by atoms with Crippen LogP contribution in [0.5, 0.6) is 0 Å². The van der Waals surface area contributed by atoms with Crippen LogP contribution in [0.15, 0.2) is 0 Å². The number of hydrogen-bond acceptors (Lipinski definition) is 3. The maximum absolute atomic E-state index is 12.0. The van der Waals surface area contributed by atoms with Crippen molar-refractivity contribution in [1.29, 1.82) is 0 Å². The first-order valence-corrected chi connectivity index (χ1v) is 7.03. The minimum Gasteiger partial charge on any atom is -0.444 e. The van der Waals surface area contributed by atoms with Crippen molar-refractivity contribution in [2.24, 2.45) is 11.1 Å². The van der Waals surface area contributed by atoms with Crippen LogP contribution in [0.25, 0.3) is 0 Å². The van der Waals surface area contributed by atoms with Gasteiger partial charge in [0.15, 0.2) is 0 Å².